The van der Waals surface area contributed by atoms with E-state index in [-0.39, 0.29) is 29.5 Å². The van der Waals surface area contributed by atoms with E-state index in [0.717, 1.165) is 19.3 Å². The lowest BCUT2D eigenvalue weighted by molar-refractivity contribution is -0.146. The molecule has 7 nitrogen and oxygen atoms in total. The third kappa shape index (κ3) is 4.33. The standard InChI is InChI=1S/C22H31N3O4S/c1-3-30(28,29)25-19-5-4-18(6-14(19)2)24-20(26)13-23-21(27)22-10-15-7-16(11-22)9-17(8-15)12-22/h4-6,15-17,25H,3,7-13H2,1-2H3,(H,23,27)(H,24,26). The van der Waals surface area contributed by atoms with Crippen LogP contribution in [0.5, 0.6) is 0 Å². The first-order valence-electron chi connectivity index (χ1n) is 10.9. The molecule has 5 rings (SSSR count). The number of carbonyl (C=O) groups excluding carboxylic acids is 2. The van der Waals surface area contributed by atoms with E-state index in [4.69, 9.17) is 0 Å². The lowest BCUT2D eigenvalue weighted by atomic mass is 9.49. The summed E-state index contributed by atoms with van der Waals surface area (Å²) in [4.78, 5) is 25.3. The van der Waals surface area contributed by atoms with Crippen LogP contribution < -0.4 is 15.4 Å². The third-order valence-electron chi connectivity index (χ3n) is 7.09. The fourth-order valence-electron chi connectivity index (χ4n) is 6.04. The van der Waals surface area contributed by atoms with Gasteiger partial charge in [-0.25, -0.2) is 8.42 Å². The molecule has 0 aromatic heterocycles. The van der Waals surface area contributed by atoms with Crippen LogP contribution in [0.1, 0.15) is 51.0 Å². The maximum absolute atomic E-state index is 13.0. The minimum Gasteiger partial charge on any atom is -0.347 e. The summed E-state index contributed by atoms with van der Waals surface area (Å²) in [7, 11) is -3.35. The van der Waals surface area contributed by atoms with Gasteiger partial charge in [-0.2, -0.15) is 0 Å². The zero-order valence-electron chi connectivity index (χ0n) is 17.7. The van der Waals surface area contributed by atoms with Gasteiger partial charge in [0.1, 0.15) is 0 Å². The second kappa shape index (κ2) is 7.87. The highest BCUT2D eigenvalue weighted by molar-refractivity contribution is 7.92. The average Bonchev–Trinajstić information content (AvgIpc) is 2.67. The van der Waals surface area contributed by atoms with E-state index >= 15 is 0 Å². The van der Waals surface area contributed by atoms with Gasteiger partial charge < -0.3 is 10.6 Å². The van der Waals surface area contributed by atoms with E-state index in [1.807, 2.05) is 0 Å². The first kappa shape index (κ1) is 21.2. The molecule has 164 valence electrons. The molecule has 3 N–H and O–H groups in total. The molecule has 4 fully saturated rings. The van der Waals surface area contributed by atoms with E-state index in [0.29, 0.717) is 34.7 Å². The largest absolute Gasteiger partial charge is 0.347 e. The van der Waals surface area contributed by atoms with Crippen molar-refractivity contribution in [2.75, 3.05) is 22.3 Å². The maximum atomic E-state index is 13.0. The number of benzene rings is 1. The number of nitrogens with one attached hydrogen (secondary N) is 3. The lowest BCUT2D eigenvalue weighted by Gasteiger charge is -2.55. The van der Waals surface area contributed by atoms with Crippen LogP contribution in [0.4, 0.5) is 11.4 Å². The first-order valence-corrected chi connectivity index (χ1v) is 12.5. The molecule has 1 aromatic rings. The molecule has 0 saturated heterocycles. The monoisotopic (exact) mass is 433 g/mol. The normalized spacial score (nSPS) is 29.5. The fraction of sp³-hybridized carbons (Fsp3) is 0.636. The van der Waals surface area contributed by atoms with Crippen molar-refractivity contribution >= 4 is 33.2 Å². The number of amides is 2. The Morgan fingerprint density at radius 2 is 1.67 bits per heavy atom. The molecule has 0 spiro atoms. The minimum atomic E-state index is -3.35. The van der Waals surface area contributed by atoms with Crippen LogP contribution in [0.15, 0.2) is 18.2 Å². The molecule has 0 radical (unpaired) electrons. The van der Waals surface area contributed by atoms with Crippen LogP contribution in [0.2, 0.25) is 0 Å². The van der Waals surface area contributed by atoms with E-state index in [9.17, 15) is 18.0 Å². The summed E-state index contributed by atoms with van der Waals surface area (Å²) >= 11 is 0. The van der Waals surface area contributed by atoms with Gasteiger partial charge in [0, 0.05) is 11.1 Å². The smallest absolute Gasteiger partial charge is 0.243 e. The highest BCUT2D eigenvalue weighted by Gasteiger charge is 2.54. The van der Waals surface area contributed by atoms with Crippen molar-refractivity contribution in [3.63, 3.8) is 0 Å². The van der Waals surface area contributed by atoms with Crippen LogP contribution in [-0.4, -0.2) is 32.5 Å². The van der Waals surface area contributed by atoms with Crippen molar-refractivity contribution in [2.24, 2.45) is 23.2 Å². The molecule has 2 amide bonds. The molecule has 0 atom stereocenters. The first-order chi connectivity index (χ1) is 14.2. The van der Waals surface area contributed by atoms with Gasteiger partial charge in [-0.15, -0.1) is 0 Å². The SMILES string of the molecule is CCS(=O)(=O)Nc1ccc(NC(=O)CNC(=O)C23CC4CC(CC(C4)C2)C3)cc1C. The van der Waals surface area contributed by atoms with Crippen molar-refractivity contribution in [1.29, 1.82) is 0 Å². The molecular formula is C22H31N3O4S. The average molecular weight is 434 g/mol. The summed E-state index contributed by atoms with van der Waals surface area (Å²) in [6.45, 7) is 3.30. The van der Waals surface area contributed by atoms with Crippen LogP contribution in [0.25, 0.3) is 0 Å². The van der Waals surface area contributed by atoms with Crippen LogP contribution in [-0.2, 0) is 19.6 Å². The Balaban J connectivity index is 1.32. The molecule has 30 heavy (non-hydrogen) atoms. The van der Waals surface area contributed by atoms with Crippen molar-refractivity contribution in [3.8, 4) is 0 Å². The third-order valence-corrected chi connectivity index (χ3v) is 8.38. The van der Waals surface area contributed by atoms with E-state index in [1.165, 1.54) is 19.3 Å². The molecule has 8 heteroatoms. The molecule has 0 heterocycles. The van der Waals surface area contributed by atoms with Gasteiger partial charge >= 0.3 is 0 Å². The second-order valence-corrected chi connectivity index (χ2v) is 11.5. The summed E-state index contributed by atoms with van der Waals surface area (Å²) in [5.41, 5.74) is 1.51. The van der Waals surface area contributed by atoms with Gasteiger partial charge in [0.25, 0.3) is 0 Å². The maximum Gasteiger partial charge on any atom is 0.243 e. The zero-order valence-corrected chi connectivity index (χ0v) is 18.5. The predicted molar refractivity (Wildman–Crippen MR) is 117 cm³/mol. The van der Waals surface area contributed by atoms with E-state index < -0.39 is 10.0 Å². The molecule has 0 aliphatic heterocycles. The second-order valence-electron chi connectivity index (χ2n) is 9.46. The summed E-state index contributed by atoms with van der Waals surface area (Å²) in [5.74, 6) is 1.80. The number of anilines is 2. The van der Waals surface area contributed by atoms with Gasteiger partial charge in [-0.1, -0.05) is 0 Å². The highest BCUT2D eigenvalue weighted by atomic mass is 32.2. The highest BCUT2D eigenvalue weighted by Crippen LogP contribution is 2.60. The number of sulfonamides is 1. The predicted octanol–water partition coefficient (Wildman–Crippen LogP) is 3.03. The number of hydrogen-bond acceptors (Lipinski definition) is 4. The lowest BCUT2D eigenvalue weighted by Crippen LogP contribution is -2.54. The zero-order chi connectivity index (χ0) is 21.5. The van der Waals surface area contributed by atoms with E-state index in [2.05, 4.69) is 15.4 Å². The van der Waals surface area contributed by atoms with Gasteiger partial charge in [-0.05, 0) is 93.9 Å². The molecule has 4 aliphatic carbocycles. The Morgan fingerprint density at radius 1 is 1.07 bits per heavy atom. The Kier molecular flexibility index (Phi) is 5.55. The molecule has 4 aliphatic rings. The van der Waals surface area contributed by atoms with Crippen LogP contribution >= 0.6 is 0 Å². The summed E-state index contributed by atoms with van der Waals surface area (Å²) in [6, 6.07) is 5.00. The van der Waals surface area contributed by atoms with Gasteiger partial charge in [-0.3, -0.25) is 14.3 Å². The van der Waals surface area contributed by atoms with Crippen LogP contribution in [0.3, 0.4) is 0 Å². The quantitative estimate of drug-likeness (QED) is 0.615. The molecule has 4 bridgehead atoms. The Hall–Kier alpha value is -2.09. The molecule has 1 aromatic carbocycles. The van der Waals surface area contributed by atoms with Gasteiger partial charge in [0.2, 0.25) is 21.8 Å². The Morgan fingerprint density at radius 3 is 2.20 bits per heavy atom. The summed E-state index contributed by atoms with van der Waals surface area (Å²) in [6.07, 6.45) is 6.74. The summed E-state index contributed by atoms with van der Waals surface area (Å²) in [5, 5.41) is 5.67. The van der Waals surface area contributed by atoms with Crippen molar-refractivity contribution in [3.05, 3.63) is 23.8 Å². The van der Waals surface area contributed by atoms with Crippen LogP contribution in [0, 0.1) is 30.1 Å². The summed E-state index contributed by atoms with van der Waals surface area (Å²) < 4.78 is 26.0. The minimum absolute atomic E-state index is 0.00560. The number of hydrogen-bond donors (Lipinski definition) is 3. The molecule has 4 saturated carbocycles. The fourth-order valence-corrected chi connectivity index (χ4v) is 6.75. The number of aryl methyl sites for hydroxylation is 1. The number of rotatable bonds is 7. The van der Waals surface area contributed by atoms with Gasteiger partial charge in [0.05, 0.1) is 18.0 Å². The molecule has 0 unspecified atom stereocenters. The Bertz CT molecular complexity index is 922. The topological polar surface area (TPSA) is 104 Å². The van der Waals surface area contributed by atoms with Crippen molar-refractivity contribution in [2.45, 2.75) is 52.4 Å². The number of carbonyl (C=O) groups is 2. The van der Waals surface area contributed by atoms with E-state index in [1.54, 1.807) is 32.0 Å². The van der Waals surface area contributed by atoms with Crippen molar-refractivity contribution in [1.82, 2.24) is 5.32 Å². The molecular weight excluding hydrogens is 402 g/mol. The van der Waals surface area contributed by atoms with Crippen molar-refractivity contribution < 1.29 is 18.0 Å². The Labute approximate surface area is 178 Å². The van der Waals surface area contributed by atoms with Gasteiger partial charge in [0.15, 0.2) is 0 Å².